The van der Waals surface area contributed by atoms with Crippen molar-refractivity contribution in [1.29, 1.82) is 0 Å². The summed E-state index contributed by atoms with van der Waals surface area (Å²) < 4.78 is 5.50. The number of methoxy groups -OCH3 is 1. The van der Waals surface area contributed by atoms with Crippen LogP contribution in [0.1, 0.15) is 38.3 Å². The highest BCUT2D eigenvalue weighted by Gasteiger charge is 2.19. The molecule has 0 bridgehead atoms. The second-order valence-corrected chi connectivity index (χ2v) is 6.39. The molecule has 0 saturated carbocycles. The maximum absolute atomic E-state index is 5.50. The second kappa shape index (κ2) is 6.54. The molecular weight excluding hydrogens is 260 g/mol. The van der Waals surface area contributed by atoms with Gasteiger partial charge in [0.25, 0.3) is 0 Å². The van der Waals surface area contributed by atoms with E-state index >= 15 is 0 Å². The first-order valence-electron chi connectivity index (χ1n) is 7.55. The minimum Gasteiger partial charge on any atom is -0.379 e. The zero-order chi connectivity index (χ0) is 15.5. The molecule has 0 saturated heterocycles. The van der Waals surface area contributed by atoms with Crippen molar-refractivity contribution >= 4 is 10.9 Å². The molecule has 0 fully saturated rings. The number of rotatable bonds is 6. The van der Waals surface area contributed by atoms with Gasteiger partial charge in [-0.25, -0.2) is 0 Å². The largest absolute Gasteiger partial charge is 0.379 e. The number of benzene rings is 1. The molecule has 3 nitrogen and oxygen atoms in total. The van der Waals surface area contributed by atoms with Crippen LogP contribution < -0.4 is 5.32 Å². The lowest BCUT2D eigenvalue weighted by molar-refractivity contribution is 0.00845. The van der Waals surface area contributed by atoms with E-state index in [0.29, 0.717) is 6.04 Å². The fourth-order valence-electron chi connectivity index (χ4n) is 2.70. The molecule has 0 aliphatic carbocycles. The van der Waals surface area contributed by atoms with Gasteiger partial charge in [-0.15, -0.1) is 0 Å². The Morgan fingerprint density at radius 1 is 1.29 bits per heavy atom. The highest BCUT2D eigenvalue weighted by Crippen LogP contribution is 2.21. The number of nitrogens with one attached hydrogen (secondary N) is 1. The predicted octanol–water partition coefficient (Wildman–Crippen LogP) is 3.84. The van der Waals surface area contributed by atoms with Gasteiger partial charge in [0.1, 0.15) is 0 Å². The van der Waals surface area contributed by atoms with Gasteiger partial charge in [-0.3, -0.25) is 4.98 Å². The van der Waals surface area contributed by atoms with E-state index in [2.05, 4.69) is 56.2 Å². The fourth-order valence-corrected chi connectivity index (χ4v) is 2.70. The highest BCUT2D eigenvalue weighted by atomic mass is 16.5. The van der Waals surface area contributed by atoms with Gasteiger partial charge in [-0.2, -0.15) is 0 Å². The molecule has 1 heterocycles. The molecule has 0 amide bonds. The topological polar surface area (TPSA) is 34.1 Å². The van der Waals surface area contributed by atoms with E-state index in [-0.39, 0.29) is 5.60 Å². The van der Waals surface area contributed by atoms with E-state index in [0.717, 1.165) is 18.5 Å². The lowest BCUT2D eigenvalue weighted by Gasteiger charge is -2.27. The van der Waals surface area contributed by atoms with Crippen LogP contribution in [0.4, 0.5) is 0 Å². The Morgan fingerprint density at radius 3 is 2.76 bits per heavy atom. The van der Waals surface area contributed by atoms with Crippen LogP contribution in [0.25, 0.3) is 10.9 Å². The average Bonchev–Trinajstić information content (AvgIpc) is 2.46. The third-order valence-corrected chi connectivity index (χ3v) is 4.05. The molecule has 1 aromatic carbocycles. The fraction of sp³-hybridized carbons (Fsp3) is 0.500. The predicted molar refractivity (Wildman–Crippen MR) is 88.5 cm³/mol. The first-order chi connectivity index (χ1) is 9.93. The van der Waals surface area contributed by atoms with Crippen LogP contribution in [0, 0.1) is 6.92 Å². The third-order valence-electron chi connectivity index (χ3n) is 4.05. The summed E-state index contributed by atoms with van der Waals surface area (Å²) in [7, 11) is 1.77. The number of fused-ring (bicyclic) bond motifs is 1. The molecule has 1 N–H and O–H groups in total. The van der Waals surface area contributed by atoms with Crippen LogP contribution in [-0.4, -0.2) is 23.7 Å². The highest BCUT2D eigenvalue weighted by molar-refractivity contribution is 5.84. The minimum atomic E-state index is -0.0939. The third kappa shape index (κ3) is 4.02. The number of ether oxygens (including phenoxy) is 1. The van der Waals surface area contributed by atoms with E-state index in [4.69, 9.17) is 4.74 Å². The summed E-state index contributed by atoms with van der Waals surface area (Å²) >= 11 is 0. The van der Waals surface area contributed by atoms with Gasteiger partial charge in [-0.1, -0.05) is 18.2 Å². The summed E-state index contributed by atoms with van der Waals surface area (Å²) in [6, 6.07) is 8.89. The van der Waals surface area contributed by atoms with Gasteiger partial charge in [0.15, 0.2) is 0 Å². The zero-order valence-corrected chi connectivity index (χ0v) is 13.7. The second-order valence-electron chi connectivity index (χ2n) is 6.39. The zero-order valence-electron chi connectivity index (χ0n) is 13.7. The molecule has 1 atom stereocenters. The van der Waals surface area contributed by atoms with Crippen molar-refractivity contribution in [2.45, 2.75) is 52.3 Å². The Morgan fingerprint density at radius 2 is 2.05 bits per heavy atom. The van der Waals surface area contributed by atoms with Crippen LogP contribution in [0.3, 0.4) is 0 Å². The molecule has 21 heavy (non-hydrogen) atoms. The minimum absolute atomic E-state index is 0.0939. The van der Waals surface area contributed by atoms with E-state index in [1.807, 2.05) is 12.3 Å². The van der Waals surface area contributed by atoms with Crippen LogP contribution in [0.15, 0.2) is 30.5 Å². The molecule has 0 aliphatic heterocycles. The molecule has 114 valence electrons. The van der Waals surface area contributed by atoms with Crippen molar-refractivity contribution in [1.82, 2.24) is 10.3 Å². The summed E-state index contributed by atoms with van der Waals surface area (Å²) in [4.78, 5) is 4.49. The molecule has 2 rings (SSSR count). The van der Waals surface area contributed by atoms with E-state index < -0.39 is 0 Å². The number of aryl methyl sites for hydroxylation is 1. The first-order valence-corrected chi connectivity index (χ1v) is 7.55. The monoisotopic (exact) mass is 286 g/mol. The molecule has 0 radical (unpaired) electrons. The SMILES string of the molecule is COC(C)(C)C[C@H](C)NCc1ccc(C)c2ncccc12. The molecule has 3 heteroatoms. The quantitative estimate of drug-likeness (QED) is 0.876. The van der Waals surface area contributed by atoms with E-state index in [9.17, 15) is 0 Å². The first kappa shape index (κ1) is 15.9. The summed E-state index contributed by atoms with van der Waals surface area (Å²) in [5.41, 5.74) is 3.53. The number of nitrogens with zero attached hydrogens (tertiary/aromatic N) is 1. The maximum Gasteiger partial charge on any atom is 0.0734 e. The average molecular weight is 286 g/mol. The van der Waals surface area contributed by atoms with Crippen molar-refractivity contribution in [3.63, 3.8) is 0 Å². The van der Waals surface area contributed by atoms with Crippen LogP contribution in [-0.2, 0) is 11.3 Å². The van der Waals surface area contributed by atoms with Gasteiger partial charge >= 0.3 is 0 Å². The molecule has 1 aromatic heterocycles. The van der Waals surface area contributed by atoms with Crippen LogP contribution in [0.5, 0.6) is 0 Å². The normalized spacial score (nSPS) is 13.6. The van der Waals surface area contributed by atoms with Crippen molar-refractivity contribution in [3.05, 3.63) is 41.6 Å². The van der Waals surface area contributed by atoms with Crippen molar-refractivity contribution in [2.24, 2.45) is 0 Å². The molecular formula is C18H26N2O. The molecule has 2 aromatic rings. The molecule has 0 aliphatic rings. The lowest BCUT2D eigenvalue weighted by Crippen LogP contribution is -2.35. The van der Waals surface area contributed by atoms with Gasteiger partial charge in [0.05, 0.1) is 11.1 Å². The van der Waals surface area contributed by atoms with Crippen LogP contribution >= 0.6 is 0 Å². The number of pyridine rings is 1. The van der Waals surface area contributed by atoms with Gasteiger partial charge in [0.2, 0.25) is 0 Å². The van der Waals surface area contributed by atoms with Crippen molar-refractivity contribution < 1.29 is 4.74 Å². The number of aromatic nitrogens is 1. The number of hydrogen-bond donors (Lipinski definition) is 1. The van der Waals surface area contributed by atoms with E-state index in [1.165, 1.54) is 16.5 Å². The summed E-state index contributed by atoms with van der Waals surface area (Å²) in [5.74, 6) is 0. The molecule has 0 spiro atoms. The van der Waals surface area contributed by atoms with E-state index in [1.54, 1.807) is 7.11 Å². The van der Waals surface area contributed by atoms with Crippen LogP contribution in [0.2, 0.25) is 0 Å². The van der Waals surface area contributed by atoms with Gasteiger partial charge < -0.3 is 10.1 Å². The van der Waals surface area contributed by atoms with Crippen molar-refractivity contribution in [2.75, 3.05) is 7.11 Å². The standard InChI is InChI=1S/C18H26N2O/c1-13-8-9-15(16-7-6-10-19-17(13)16)12-20-14(2)11-18(3,4)21-5/h6-10,14,20H,11-12H2,1-5H3/t14-/m0/s1. The Bertz CT molecular complexity index is 607. The van der Waals surface area contributed by atoms with Crippen molar-refractivity contribution in [3.8, 4) is 0 Å². The molecule has 0 unspecified atom stereocenters. The van der Waals surface area contributed by atoms with Gasteiger partial charge in [0, 0.05) is 31.3 Å². The number of hydrogen-bond acceptors (Lipinski definition) is 3. The Hall–Kier alpha value is -1.45. The maximum atomic E-state index is 5.50. The smallest absolute Gasteiger partial charge is 0.0734 e. The summed E-state index contributed by atoms with van der Waals surface area (Å²) in [5, 5.41) is 4.83. The lowest BCUT2D eigenvalue weighted by atomic mass is 9.99. The Labute approximate surface area is 127 Å². The Balaban J connectivity index is 2.09. The van der Waals surface area contributed by atoms with Gasteiger partial charge in [-0.05, 0) is 51.3 Å². The summed E-state index contributed by atoms with van der Waals surface area (Å²) in [6.45, 7) is 9.40. The summed E-state index contributed by atoms with van der Waals surface area (Å²) in [6.07, 6.45) is 2.84. The Kier molecular flexibility index (Phi) is 4.96.